The third kappa shape index (κ3) is 2.15. The van der Waals surface area contributed by atoms with E-state index in [0.29, 0.717) is 13.1 Å². The van der Waals surface area contributed by atoms with Gasteiger partial charge in [-0.25, -0.2) is 4.79 Å². The van der Waals surface area contributed by atoms with Crippen molar-refractivity contribution in [2.45, 2.75) is 39.0 Å². The van der Waals surface area contributed by atoms with Gasteiger partial charge in [0.2, 0.25) is 0 Å². The molecular weight excluding hydrogens is 262 g/mol. The smallest absolute Gasteiger partial charge is 0.407 e. The van der Waals surface area contributed by atoms with Crippen molar-refractivity contribution in [2.24, 2.45) is 5.41 Å². The van der Waals surface area contributed by atoms with E-state index in [9.17, 15) is 9.90 Å². The van der Waals surface area contributed by atoms with Gasteiger partial charge in [-0.3, -0.25) is 0 Å². The van der Waals surface area contributed by atoms with Crippen molar-refractivity contribution in [3.05, 3.63) is 41.0 Å². The highest BCUT2D eigenvalue weighted by atomic mass is 16.4. The molecule has 0 saturated carbocycles. The molecule has 0 atom stereocenters. The van der Waals surface area contributed by atoms with Crippen LogP contribution in [0, 0.1) is 5.41 Å². The van der Waals surface area contributed by atoms with Crippen LogP contribution >= 0.6 is 0 Å². The number of rotatable bonds is 0. The number of benzene rings is 1. The Kier molecular flexibility index (Phi) is 3.12. The molecule has 2 aliphatic rings. The molecule has 1 amide bonds. The predicted octanol–water partition coefficient (Wildman–Crippen LogP) is 4.14. The topological polar surface area (TPSA) is 40.5 Å². The Morgan fingerprint density at radius 2 is 1.81 bits per heavy atom. The molecule has 1 saturated heterocycles. The lowest BCUT2D eigenvalue weighted by atomic mass is 9.63. The molecule has 1 aliphatic heterocycles. The lowest BCUT2D eigenvalue weighted by Gasteiger charge is -2.45. The van der Waals surface area contributed by atoms with Crippen molar-refractivity contribution in [2.75, 3.05) is 13.1 Å². The number of likely N-dealkylation sites (tertiary alicyclic amines) is 1. The maximum absolute atomic E-state index is 11.2. The highest BCUT2D eigenvalue weighted by molar-refractivity contribution is 5.71. The number of hydrogen-bond donors (Lipinski definition) is 1. The molecule has 1 aromatic carbocycles. The van der Waals surface area contributed by atoms with Crippen LogP contribution in [0.5, 0.6) is 0 Å². The van der Waals surface area contributed by atoms with E-state index in [-0.39, 0.29) is 10.8 Å². The van der Waals surface area contributed by atoms with Crippen LogP contribution in [0.25, 0.3) is 6.08 Å². The van der Waals surface area contributed by atoms with Gasteiger partial charge in [-0.15, -0.1) is 0 Å². The monoisotopic (exact) mass is 285 g/mol. The number of hydrogen-bond acceptors (Lipinski definition) is 1. The Morgan fingerprint density at radius 1 is 1.19 bits per heavy atom. The summed E-state index contributed by atoms with van der Waals surface area (Å²) in [5.41, 5.74) is 4.29. The molecular formula is C18H23NO2. The van der Waals surface area contributed by atoms with Gasteiger partial charge in [-0.1, -0.05) is 56.7 Å². The van der Waals surface area contributed by atoms with E-state index in [2.05, 4.69) is 51.1 Å². The van der Waals surface area contributed by atoms with Crippen molar-refractivity contribution >= 4 is 12.2 Å². The van der Waals surface area contributed by atoms with Crippen LogP contribution in [-0.2, 0) is 5.41 Å². The first-order chi connectivity index (χ1) is 9.84. The molecule has 1 aromatic rings. The van der Waals surface area contributed by atoms with Crippen LogP contribution in [0.15, 0.2) is 29.8 Å². The highest BCUT2D eigenvalue weighted by Crippen LogP contribution is 2.54. The number of allylic oxidation sites excluding steroid dienone is 1. The predicted molar refractivity (Wildman–Crippen MR) is 84.4 cm³/mol. The summed E-state index contributed by atoms with van der Waals surface area (Å²) >= 11 is 0. The third-order valence-electron chi connectivity index (χ3n) is 4.99. The van der Waals surface area contributed by atoms with E-state index < -0.39 is 6.09 Å². The van der Waals surface area contributed by atoms with Gasteiger partial charge in [0.25, 0.3) is 0 Å². The summed E-state index contributed by atoms with van der Waals surface area (Å²) in [4.78, 5) is 12.7. The molecule has 0 unspecified atom stereocenters. The van der Waals surface area contributed by atoms with Crippen molar-refractivity contribution in [3.8, 4) is 0 Å². The number of carbonyl (C=O) groups is 1. The molecule has 21 heavy (non-hydrogen) atoms. The number of nitrogens with zero attached hydrogens (tertiary/aromatic N) is 1. The van der Waals surface area contributed by atoms with Gasteiger partial charge < -0.3 is 10.0 Å². The first-order valence-electron chi connectivity index (χ1n) is 7.65. The fourth-order valence-corrected chi connectivity index (χ4v) is 4.05. The zero-order chi connectivity index (χ0) is 15.3. The van der Waals surface area contributed by atoms with E-state index in [4.69, 9.17) is 0 Å². The van der Waals surface area contributed by atoms with Gasteiger partial charge >= 0.3 is 6.09 Å². The Labute approximate surface area is 126 Å². The second-order valence-electron chi connectivity index (χ2n) is 7.25. The summed E-state index contributed by atoms with van der Waals surface area (Å²) in [5.74, 6) is 0. The van der Waals surface area contributed by atoms with Gasteiger partial charge in [0.05, 0.1) is 0 Å². The van der Waals surface area contributed by atoms with Crippen molar-refractivity contribution in [1.82, 2.24) is 4.90 Å². The fraction of sp³-hybridized carbons (Fsp3) is 0.500. The summed E-state index contributed by atoms with van der Waals surface area (Å²) in [6.45, 7) is 8.02. The second kappa shape index (κ2) is 4.62. The Morgan fingerprint density at radius 3 is 2.38 bits per heavy atom. The largest absolute Gasteiger partial charge is 0.465 e. The molecule has 3 heteroatoms. The van der Waals surface area contributed by atoms with E-state index in [1.165, 1.54) is 16.7 Å². The van der Waals surface area contributed by atoms with Gasteiger partial charge in [-0.05, 0) is 29.4 Å². The molecule has 112 valence electrons. The van der Waals surface area contributed by atoms with Crippen LogP contribution in [0.2, 0.25) is 0 Å². The molecule has 1 spiro atoms. The maximum Gasteiger partial charge on any atom is 0.407 e. The Balaban J connectivity index is 2.03. The zero-order valence-electron chi connectivity index (χ0n) is 13.0. The molecule has 0 radical (unpaired) electrons. The lowest BCUT2D eigenvalue weighted by Crippen LogP contribution is -2.46. The third-order valence-corrected chi connectivity index (χ3v) is 4.99. The lowest BCUT2D eigenvalue weighted by molar-refractivity contribution is 0.119. The first kappa shape index (κ1) is 14.2. The number of fused-ring (bicyclic) bond motifs is 2. The van der Waals surface area contributed by atoms with Crippen molar-refractivity contribution < 1.29 is 9.90 Å². The highest BCUT2D eigenvalue weighted by Gasteiger charge is 2.47. The summed E-state index contributed by atoms with van der Waals surface area (Å²) in [6.07, 6.45) is 3.32. The molecule has 3 nitrogen and oxygen atoms in total. The van der Waals surface area contributed by atoms with Gasteiger partial charge in [0.1, 0.15) is 0 Å². The van der Waals surface area contributed by atoms with Crippen LogP contribution in [0.4, 0.5) is 4.79 Å². The van der Waals surface area contributed by atoms with Crippen LogP contribution in [0.3, 0.4) is 0 Å². The van der Waals surface area contributed by atoms with E-state index in [0.717, 1.165) is 12.8 Å². The fourth-order valence-electron chi connectivity index (χ4n) is 4.05. The summed E-state index contributed by atoms with van der Waals surface area (Å²) in [5, 5.41) is 9.20. The van der Waals surface area contributed by atoms with Gasteiger partial charge in [0.15, 0.2) is 0 Å². The second-order valence-corrected chi connectivity index (χ2v) is 7.25. The number of piperidine rings is 1. The molecule has 0 bridgehead atoms. The van der Waals surface area contributed by atoms with E-state index in [1.54, 1.807) is 4.90 Å². The number of carboxylic acid groups (broad SMARTS) is 1. The maximum atomic E-state index is 11.2. The molecule has 1 heterocycles. The Bertz CT molecular complexity index is 602. The molecule has 1 aliphatic carbocycles. The summed E-state index contributed by atoms with van der Waals surface area (Å²) in [7, 11) is 0. The standard InChI is InChI=1S/C18H23NO2/c1-17(2,3)15-12-13-6-4-5-7-14(13)18(15)8-10-19(11-9-18)16(20)21/h4-7,12H,8-11H2,1-3H3,(H,20,21). The van der Waals surface area contributed by atoms with Crippen LogP contribution < -0.4 is 0 Å². The molecule has 0 aromatic heterocycles. The first-order valence-corrected chi connectivity index (χ1v) is 7.65. The van der Waals surface area contributed by atoms with Crippen molar-refractivity contribution in [1.29, 1.82) is 0 Å². The average Bonchev–Trinajstić information content (AvgIpc) is 2.75. The Hall–Kier alpha value is -1.77. The minimum absolute atomic E-state index is 0.0286. The SMILES string of the molecule is CC(C)(C)C1=Cc2ccccc2C12CCN(C(=O)O)CC2. The average molecular weight is 285 g/mol. The van der Waals surface area contributed by atoms with Crippen LogP contribution in [0.1, 0.15) is 44.7 Å². The minimum Gasteiger partial charge on any atom is -0.465 e. The van der Waals surface area contributed by atoms with Gasteiger partial charge in [0, 0.05) is 18.5 Å². The summed E-state index contributed by atoms with van der Waals surface area (Å²) < 4.78 is 0. The van der Waals surface area contributed by atoms with E-state index in [1.807, 2.05) is 0 Å². The minimum atomic E-state index is -0.794. The van der Waals surface area contributed by atoms with Gasteiger partial charge in [-0.2, -0.15) is 0 Å². The molecule has 1 fully saturated rings. The number of amides is 1. The quantitative estimate of drug-likeness (QED) is 0.778. The molecule has 3 rings (SSSR count). The van der Waals surface area contributed by atoms with Crippen molar-refractivity contribution in [3.63, 3.8) is 0 Å². The zero-order valence-corrected chi connectivity index (χ0v) is 13.0. The van der Waals surface area contributed by atoms with Crippen LogP contribution in [-0.4, -0.2) is 29.2 Å². The molecule has 1 N–H and O–H groups in total. The summed E-state index contributed by atoms with van der Waals surface area (Å²) in [6, 6.07) is 8.59. The normalized spacial score (nSPS) is 20.3. The van der Waals surface area contributed by atoms with E-state index >= 15 is 0 Å².